The molecule has 1 unspecified atom stereocenters. The van der Waals surface area contributed by atoms with Crippen molar-refractivity contribution in [2.75, 3.05) is 14.2 Å². The predicted octanol–water partition coefficient (Wildman–Crippen LogP) is 3.90. The zero-order valence-electron chi connectivity index (χ0n) is 14.8. The van der Waals surface area contributed by atoms with Crippen molar-refractivity contribution in [1.29, 1.82) is 0 Å². The lowest BCUT2D eigenvalue weighted by Gasteiger charge is -2.17. The molecule has 1 aliphatic rings. The van der Waals surface area contributed by atoms with Gasteiger partial charge in [-0.1, -0.05) is 24.3 Å². The first-order chi connectivity index (χ1) is 12.2. The summed E-state index contributed by atoms with van der Waals surface area (Å²) in [6.07, 6.45) is 2.96. The number of nitrogens with one attached hydrogen (secondary N) is 1. The Morgan fingerprint density at radius 3 is 2.08 bits per heavy atom. The third-order valence-electron chi connectivity index (χ3n) is 4.79. The molecule has 0 radical (unpaired) electrons. The number of carbonyl (C=O) groups excluding carboxylic acids is 1. The van der Waals surface area contributed by atoms with Gasteiger partial charge < -0.3 is 14.8 Å². The SMILES string of the molecule is COc1ccc(CNC(=O)CC(c2ccc(OC)cc2)C2CC2)cc1. The highest BCUT2D eigenvalue weighted by Crippen LogP contribution is 2.44. The highest BCUT2D eigenvalue weighted by atomic mass is 16.5. The minimum atomic E-state index is 0.100. The van der Waals surface area contributed by atoms with E-state index in [-0.39, 0.29) is 5.91 Å². The molecule has 2 aromatic rings. The first-order valence-corrected chi connectivity index (χ1v) is 8.73. The Kier molecular flexibility index (Phi) is 5.59. The van der Waals surface area contributed by atoms with Crippen LogP contribution in [0.25, 0.3) is 0 Å². The summed E-state index contributed by atoms with van der Waals surface area (Å²) in [7, 11) is 3.31. The van der Waals surface area contributed by atoms with E-state index in [1.165, 1.54) is 18.4 Å². The first kappa shape index (κ1) is 17.3. The van der Waals surface area contributed by atoms with E-state index < -0.39 is 0 Å². The molecule has 0 heterocycles. The summed E-state index contributed by atoms with van der Waals surface area (Å²) in [4.78, 5) is 12.4. The highest BCUT2D eigenvalue weighted by molar-refractivity contribution is 5.77. The number of amides is 1. The fourth-order valence-corrected chi connectivity index (χ4v) is 3.12. The van der Waals surface area contributed by atoms with Crippen LogP contribution in [-0.4, -0.2) is 20.1 Å². The maximum absolute atomic E-state index is 12.4. The number of ether oxygens (including phenoxy) is 2. The fraction of sp³-hybridized carbons (Fsp3) is 0.381. The van der Waals surface area contributed by atoms with Gasteiger partial charge in [-0.25, -0.2) is 0 Å². The van der Waals surface area contributed by atoms with Crippen LogP contribution in [0.3, 0.4) is 0 Å². The van der Waals surface area contributed by atoms with Crippen LogP contribution in [0.2, 0.25) is 0 Å². The second-order valence-electron chi connectivity index (χ2n) is 6.55. The van der Waals surface area contributed by atoms with Crippen LogP contribution in [0.1, 0.15) is 36.3 Å². The molecule has 1 atom stereocenters. The molecule has 2 aromatic carbocycles. The van der Waals surface area contributed by atoms with Crippen LogP contribution in [0.4, 0.5) is 0 Å². The summed E-state index contributed by atoms with van der Waals surface area (Å²) < 4.78 is 10.4. The van der Waals surface area contributed by atoms with Gasteiger partial charge in [-0.3, -0.25) is 4.79 Å². The zero-order valence-corrected chi connectivity index (χ0v) is 14.8. The van der Waals surface area contributed by atoms with Crippen molar-refractivity contribution in [3.63, 3.8) is 0 Å². The molecule has 0 saturated heterocycles. The van der Waals surface area contributed by atoms with Gasteiger partial charge in [-0.2, -0.15) is 0 Å². The van der Waals surface area contributed by atoms with Gasteiger partial charge in [-0.05, 0) is 60.1 Å². The largest absolute Gasteiger partial charge is 0.497 e. The zero-order chi connectivity index (χ0) is 17.6. The van der Waals surface area contributed by atoms with Gasteiger partial charge in [0.15, 0.2) is 0 Å². The van der Waals surface area contributed by atoms with E-state index in [1.807, 2.05) is 36.4 Å². The summed E-state index contributed by atoms with van der Waals surface area (Å²) in [5.41, 5.74) is 2.30. The number of hydrogen-bond acceptors (Lipinski definition) is 3. The van der Waals surface area contributed by atoms with Gasteiger partial charge in [0, 0.05) is 13.0 Å². The van der Waals surface area contributed by atoms with Crippen LogP contribution in [-0.2, 0) is 11.3 Å². The van der Waals surface area contributed by atoms with Crippen LogP contribution in [0.15, 0.2) is 48.5 Å². The highest BCUT2D eigenvalue weighted by Gasteiger charge is 2.33. The Hall–Kier alpha value is -2.49. The topological polar surface area (TPSA) is 47.6 Å². The lowest BCUT2D eigenvalue weighted by atomic mass is 9.90. The van der Waals surface area contributed by atoms with Crippen molar-refractivity contribution < 1.29 is 14.3 Å². The Morgan fingerprint density at radius 1 is 1.00 bits per heavy atom. The summed E-state index contributed by atoms with van der Waals surface area (Å²) in [6, 6.07) is 15.9. The molecular weight excluding hydrogens is 314 g/mol. The van der Waals surface area contributed by atoms with Gasteiger partial charge in [0.25, 0.3) is 0 Å². The molecule has 25 heavy (non-hydrogen) atoms. The van der Waals surface area contributed by atoms with Gasteiger partial charge in [0.1, 0.15) is 11.5 Å². The maximum Gasteiger partial charge on any atom is 0.220 e. The number of hydrogen-bond donors (Lipinski definition) is 1. The minimum Gasteiger partial charge on any atom is -0.497 e. The van der Waals surface area contributed by atoms with Crippen molar-refractivity contribution in [1.82, 2.24) is 5.32 Å². The molecule has 4 heteroatoms. The number of benzene rings is 2. The molecule has 1 aliphatic carbocycles. The molecule has 0 aromatic heterocycles. The Bertz CT molecular complexity index is 690. The molecule has 1 amide bonds. The van der Waals surface area contributed by atoms with Gasteiger partial charge >= 0.3 is 0 Å². The van der Waals surface area contributed by atoms with Crippen molar-refractivity contribution >= 4 is 5.91 Å². The predicted molar refractivity (Wildman–Crippen MR) is 97.9 cm³/mol. The molecule has 3 rings (SSSR count). The maximum atomic E-state index is 12.4. The van der Waals surface area contributed by atoms with Crippen LogP contribution >= 0.6 is 0 Å². The second kappa shape index (κ2) is 8.06. The Balaban J connectivity index is 1.56. The first-order valence-electron chi connectivity index (χ1n) is 8.73. The Labute approximate surface area is 149 Å². The van der Waals surface area contributed by atoms with Gasteiger partial charge in [0.05, 0.1) is 14.2 Å². The smallest absolute Gasteiger partial charge is 0.220 e. The molecule has 0 aliphatic heterocycles. The lowest BCUT2D eigenvalue weighted by molar-refractivity contribution is -0.121. The molecule has 1 N–H and O–H groups in total. The molecule has 1 fully saturated rings. The van der Waals surface area contributed by atoms with Crippen LogP contribution in [0, 0.1) is 5.92 Å². The second-order valence-corrected chi connectivity index (χ2v) is 6.55. The van der Waals surface area contributed by atoms with E-state index >= 15 is 0 Å². The third kappa shape index (κ3) is 4.75. The summed E-state index contributed by atoms with van der Waals surface area (Å²) in [6.45, 7) is 0.544. The number of carbonyl (C=O) groups is 1. The van der Waals surface area contributed by atoms with Gasteiger partial charge in [-0.15, -0.1) is 0 Å². The van der Waals surface area contributed by atoms with E-state index in [0.29, 0.717) is 24.8 Å². The summed E-state index contributed by atoms with van der Waals surface area (Å²) in [5, 5.41) is 3.04. The Morgan fingerprint density at radius 2 is 1.56 bits per heavy atom. The van der Waals surface area contributed by atoms with E-state index in [1.54, 1.807) is 14.2 Å². The molecule has 0 bridgehead atoms. The molecule has 132 valence electrons. The van der Waals surface area contributed by atoms with Crippen LogP contribution in [0.5, 0.6) is 11.5 Å². The van der Waals surface area contributed by atoms with Crippen molar-refractivity contribution in [2.45, 2.75) is 31.7 Å². The molecule has 1 saturated carbocycles. The van der Waals surface area contributed by atoms with Crippen LogP contribution < -0.4 is 14.8 Å². The van der Waals surface area contributed by atoms with E-state index in [2.05, 4.69) is 17.4 Å². The van der Waals surface area contributed by atoms with E-state index in [0.717, 1.165) is 17.1 Å². The fourth-order valence-electron chi connectivity index (χ4n) is 3.12. The number of methoxy groups -OCH3 is 2. The quantitative estimate of drug-likeness (QED) is 0.793. The summed E-state index contributed by atoms with van der Waals surface area (Å²) >= 11 is 0. The molecule has 0 spiro atoms. The summed E-state index contributed by atoms with van der Waals surface area (Å²) in [5.74, 6) is 2.69. The number of rotatable bonds is 8. The third-order valence-corrected chi connectivity index (χ3v) is 4.79. The van der Waals surface area contributed by atoms with Gasteiger partial charge in [0.2, 0.25) is 5.91 Å². The average molecular weight is 339 g/mol. The normalized spacial score (nSPS) is 14.6. The minimum absolute atomic E-state index is 0.100. The van der Waals surface area contributed by atoms with E-state index in [4.69, 9.17) is 9.47 Å². The molecule has 4 nitrogen and oxygen atoms in total. The van der Waals surface area contributed by atoms with Crippen molar-refractivity contribution in [3.8, 4) is 11.5 Å². The van der Waals surface area contributed by atoms with E-state index in [9.17, 15) is 4.79 Å². The van der Waals surface area contributed by atoms with Crippen molar-refractivity contribution in [2.24, 2.45) is 5.92 Å². The molecular formula is C21H25NO3. The lowest BCUT2D eigenvalue weighted by Crippen LogP contribution is -2.25. The monoisotopic (exact) mass is 339 g/mol. The average Bonchev–Trinajstić information content (AvgIpc) is 3.50. The van der Waals surface area contributed by atoms with Crippen molar-refractivity contribution in [3.05, 3.63) is 59.7 Å². The standard InChI is InChI=1S/C21H25NO3/c1-24-18-9-3-15(4-10-18)14-22-21(23)13-20(16-5-6-16)17-7-11-19(25-2)12-8-17/h3-4,7-12,16,20H,5-6,13-14H2,1-2H3,(H,22,23).